The molecule has 2 rings (SSSR count). The first-order valence-electron chi connectivity index (χ1n) is 7.12. The predicted octanol–water partition coefficient (Wildman–Crippen LogP) is 2.77. The topological polar surface area (TPSA) is 29.3 Å². The molecular weight excluding hydrogens is 196 g/mol. The van der Waals surface area contributed by atoms with E-state index in [-0.39, 0.29) is 5.54 Å². The molecule has 1 atom stereocenters. The fraction of sp³-hybridized carbons (Fsp3) is 1.00. The third kappa shape index (κ3) is 2.98. The van der Waals surface area contributed by atoms with E-state index >= 15 is 0 Å². The quantitative estimate of drug-likeness (QED) is 0.795. The standard InChI is InChI=1S/C14H28N2/c1-12(2)16-10-6-13(11-16)5-9-14(15)7-3-4-8-14/h12-13H,3-11,15H2,1-2H3. The summed E-state index contributed by atoms with van der Waals surface area (Å²) in [7, 11) is 0. The first-order chi connectivity index (χ1) is 7.59. The van der Waals surface area contributed by atoms with Crippen LogP contribution in [0.4, 0.5) is 0 Å². The van der Waals surface area contributed by atoms with Crippen molar-refractivity contribution >= 4 is 0 Å². The molecule has 0 aromatic heterocycles. The summed E-state index contributed by atoms with van der Waals surface area (Å²) in [5.74, 6) is 0.920. The zero-order valence-electron chi connectivity index (χ0n) is 11.0. The Kier molecular flexibility index (Phi) is 3.91. The average Bonchev–Trinajstić information content (AvgIpc) is 2.84. The molecule has 0 aromatic carbocycles. The van der Waals surface area contributed by atoms with Crippen molar-refractivity contribution < 1.29 is 0 Å². The summed E-state index contributed by atoms with van der Waals surface area (Å²) in [6.45, 7) is 7.24. The Hall–Kier alpha value is -0.0800. The molecule has 0 spiro atoms. The van der Waals surface area contributed by atoms with E-state index in [1.54, 1.807) is 0 Å². The van der Waals surface area contributed by atoms with Crippen LogP contribution in [0, 0.1) is 5.92 Å². The van der Waals surface area contributed by atoms with Gasteiger partial charge in [0.05, 0.1) is 0 Å². The van der Waals surface area contributed by atoms with Gasteiger partial charge in [-0.1, -0.05) is 12.8 Å². The number of hydrogen-bond acceptors (Lipinski definition) is 2. The first kappa shape index (κ1) is 12.4. The molecule has 2 N–H and O–H groups in total. The smallest absolute Gasteiger partial charge is 0.0154 e. The Morgan fingerprint density at radius 2 is 2.00 bits per heavy atom. The Labute approximate surface area is 101 Å². The van der Waals surface area contributed by atoms with Crippen LogP contribution < -0.4 is 5.73 Å². The van der Waals surface area contributed by atoms with E-state index in [2.05, 4.69) is 18.7 Å². The average molecular weight is 224 g/mol. The van der Waals surface area contributed by atoms with Gasteiger partial charge in [0.15, 0.2) is 0 Å². The van der Waals surface area contributed by atoms with Gasteiger partial charge in [-0.2, -0.15) is 0 Å². The van der Waals surface area contributed by atoms with Crippen LogP contribution in [-0.4, -0.2) is 29.6 Å². The third-order valence-electron chi connectivity index (χ3n) is 4.70. The van der Waals surface area contributed by atoms with Gasteiger partial charge < -0.3 is 10.6 Å². The van der Waals surface area contributed by atoms with Crippen LogP contribution in [0.5, 0.6) is 0 Å². The molecule has 1 unspecified atom stereocenters. The fourth-order valence-corrected chi connectivity index (χ4v) is 3.39. The van der Waals surface area contributed by atoms with Gasteiger partial charge in [-0.25, -0.2) is 0 Å². The highest BCUT2D eigenvalue weighted by Gasteiger charge is 2.31. The molecule has 94 valence electrons. The summed E-state index contributed by atoms with van der Waals surface area (Å²) < 4.78 is 0. The highest BCUT2D eigenvalue weighted by molar-refractivity contribution is 4.90. The van der Waals surface area contributed by atoms with Gasteiger partial charge in [-0.3, -0.25) is 0 Å². The minimum atomic E-state index is 0.214. The van der Waals surface area contributed by atoms with Crippen LogP contribution in [0.1, 0.15) is 58.8 Å². The van der Waals surface area contributed by atoms with Crippen LogP contribution in [-0.2, 0) is 0 Å². The summed E-state index contributed by atoms with van der Waals surface area (Å²) in [5, 5.41) is 0. The maximum atomic E-state index is 6.42. The molecule has 1 heterocycles. The number of nitrogens with zero attached hydrogens (tertiary/aromatic N) is 1. The van der Waals surface area contributed by atoms with Crippen molar-refractivity contribution in [3.63, 3.8) is 0 Å². The second-order valence-electron chi connectivity index (χ2n) is 6.35. The van der Waals surface area contributed by atoms with Crippen molar-refractivity contribution in [2.75, 3.05) is 13.1 Å². The van der Waals surface area contributed by atoms with Crippen molar-refractivity contribution in [2.45, 2.75) is 70.4 Å². The molecule has 0 bridgehead atoms. The summed E-state index contributed by atoms with van der Waals surface area (Å²) in [6, 6.07) is 0.725. The van der Waals surface area contributed by atoms with Crippen LogP contribution >= 0.6 is 0 Å². The van der Waals surface area contributed by atoms with Gasteiger partial charge in [0.2, 0.25) is 0 Å². The van der Waals surface area contributed by atoms with Crippen LogP contribution in [0.2, 0.25) is 0 Å². The van der Waals surface area contributed by atoms with E-state index in [0.717, 1.165) is 12.0 Å². The van der Waals surface area contributed by atoms with Crippen molar-refractivity contribution in [1.29, 1.82) is 0 Å². The molecule has 16 heavy (non-hydrogen) atoms. The molecule has 1 aliphatic heterocycles. The van der Waals surface area contributed by atoms with E-state index in [4.69, 9.17) is 5.73 Å². The summed E-state index contributed by atoms with van der Waals surface area (Å²) in [5.41, 5.74) is 6.63. The second-order valence-corrected chi connectivity index (χ2v) is 6.35. The van der Waals surface area contributed by atoms with Crippen molar-refractivity contribution in [2.24, 2.45) is 11.7 Å². The molecule has 2 heteroatoms. The van der Waals surface area contributed by atoms with Gasteiger partial charge in [0, 0.05) is 18.1 Å². The van der Waals surface area contributed by atoms with Gasteiger partial charge in [-0.05, 0) is 58.4 Å². The lowest BCUT2D eigenvalue weighted by Crippen LogP contribution is -2.37. The van der Waals surface area contributed by atoms with E-state index in [1.165, 1.54) is 58.0 Å². The van der Waals surface area contributed by atoms with Crippen molar-refractivity contribution in [1.82, 2.24) is 4.90 Å². The first-order valence-corrected chi connectivity index (χ1v) is 7.12. The summed E-state index contributed by atoms with van der Waals surface area (Å²) in [6.07, 6.45) is 9.29. The van der Waals surface area contributed by atoms with Crippen molar-refractivity contribution in [3.8, 4) is 0 Å². The zero-order chi connectivity index (χ0) is 11.6. The lowest BCUT2D eigenvalue weighted by molar-refractivity contribution is 0.257. The van der Waals surface area contributed by atoms with Crippen LogP contribution in [0.3, 0.4) is 0 Å². The van der Waals surface area contributed by atoms with Crippen molar-refractivity contribution in [3.05, 3.63) is 0 Å². The number of rotatable bonds is 4. The third-order valence-corrected chi connectivity index (χ3v) is 4.70. The Morgan fingerprint density at radius 1 is 1.31 bits per heavy atom. The summed E-state index contributed by atoms with van der Waals surface area (Å²) in [4.78, 5) is 2.61. The Bertz CT molecular complexity index is 219. The van der Waals surface area contributed by atoms with Gasteiger partial charge >= 0.3 is 0 Å². The second kappa shape index (κ2) is 5.05. The molecule has 2 aliphatic rings. The van der Waals surface area contributed by atoms with E-state index < -0.39 is 0 Å². The summed E-state index contributed by atoms with van der Waals surface area (Å²) >= 11 is 0. The lowest BCUT2D eigenvalue weighted by atomic mass is 9.88. The molecule has 1 aliphatic carbocycles. The lowest BCUT2D eigenvalue weighted by Gasteiger charge is -2.25. The Balaban J connectivity index is 1.71. The molecular formula is C14H28N2. The normalized spacial score (nSPS) is 30.4. The molecule has 0 amide bonds. The maximum absolute atomic E-state index is 6.42. The SMILES string of the molecule is CC(C)N1CCC(CCC2(N)CCCC2)C1. The predicted molar refractivity (Wildman–Crippen MR) is 69.4 cm³/mol. The molecule has 0 aromatic rings. The van der Waals surface area contributed by atoms with Crippen LogP contribution in [0.15, 0.2) is 0 Å². The number of likely N-dealkylation sites (tertiary alicyclic amines) is 1. The van der Waals surface area contributed by atoms with Gasteiger partial charge in [-0.15, -0.1) is 0 Å². The molecule has 2 fully saturated rings. The number of hydrogen-bond donors (Lipinski definition) is 1. The monoisotopic (exact) mass is 224 g/mol. The maximum Gasteiger partial charge on any atom is 0.0154 e. The molecule has 2 nitrogen and oxygen atoms in total. The minimum absolute atomic E-state index is 0.214. The minimum Gasteiger partial charge on any atom is -0.325 e. The van der Waals surface area contributed by atoms with E-state index in [9.17, 15) is 0 Å². The van der Waals surface area contributed by atoms with Gasteiger partial charge in [0.1, 0.15) is 0 Å². The Morgan fingerprint density at radius 3 is 2.56 bits per heavy atom. The zero-order valence-corrected chi connectivity index (χ0v) is 11.0. The van der Waals surface area contributed by atoms with Crippen LogP contribution in [0.25, 0.3) is 0 Å². The van der Waals surface area contributed by atoms with E-state index in [0.29, 0.717) is 0 Å². The molecule has 1 saturated carbocycles. The molecule has 0 radical (unpaired) electrons. The van der Waals surface area contributed by atoms with Gasteiger partial charge in [0.25, 0.3) is 0 Å². The highest BCUT2D eigenvalue weighted by atomic mass is 15.2. The van der Waals surface area contributed by atoms with E-state index in [1.807, 2.05) is 0 Å². The number of nitrogens with two attached hydrogens (primary N) is 1. The largest absolute Gasteiger partial charge is 0.325 e. The molecule has 1 saturated heterocycles. The highest BCUT2D eigenvalue weighted by Crippen LogP contribution is 2.34. The fourth-order valence-electron chi connectivity index (χ4n) is 3.39.